The first-order valence-electron chi connectivity index (χ1n) is 41.1. The number of hydrogen-bond donors (Lipinski definition) is 18. The number of aliphatic hydroxyl groups excluding tert-OH is 2. The second-order valence-corrected chi connectivity index (χ2v) is 32.0. The van der Waals surface area contributed by atoms with Gasteiger partial charge in [0.2, 0.25) is 76.8 Å². The Kier molecular flexibility index (Phi) is 55.8. The summed E-state index contributed by atoms with van der Waals surface area (Å²) >= 11 is 2.75. The summed E-state index contributed by atoms with van der Waals surface area (Å²) in [6.45, 7) is 12.2. The van der Waals surface area contributed by atoms with Crippen LogP contribution in [-0.4, -0.2) is 225 Å². The molecule has 13 atom stereocenters. The molecule has 1 aromatic rings. The van der Waals surface area contributed by atoms with Crippen LogP contribution in [0.1, 0.15) is 254 Å². The van der Waals surface area contributed by atoms with Crippen LogP contribution in [0.15, 0.2) is 24.3 Å². The number of aromatic hydroxyl groups is 1. The molecule has 0 heterocycles. The Bertz CT molecular complexity index is 3160. The Hall–Kier alpha value is -8.15. The molecule has 0 aromatic heterocycles. The molecule has 33 nitrogen and oxygen atoms in total. The lowest BCUT2D eigenvalue weighted by Gasteiger charge is -2.29. The average Bonchev–Trinajstić information content (AvgIpc) is 0.911. The van der Waals surface area contributed by atoms with Gasteiger partial charge in [-0.2, -0.15) is 23.5 Å². The molecular formula is C80H138N14O19S2. The summed E-state index contributed by atoms with van der Waals surface area (Å²) in [7, 11) is 0. The van der Waals surface area contributed by atoms with Crippen LogP contribution in [0.4, 0.5) is 0 Å². The number of hydrogen-bond acceptors (Lipinski definition) is 21. The summed E-state index contributed by atoms with van der Waals surface area (Å²) < 4.78 is 0. The summed E-state index contributed by atoms with van der Waals surface area (Å²) in [6.07, 6.45) is 18.5. The SMILES string of the molecule is CCCCCCCCCCCCCCCC(=O)N[C@@H](CCSC)C(=O)N[C@@H](C)C(=O)N[C@@H](Cc1ccc(O)cc1)C(=O)N[C@@H](CCC(N)=O)C(=O)N[C@@H](CCCCC)C(=O)N[C@@H](CCCCN)C(=O)N[C@@H](CC(C)C)C(=O)N[C@@H](CCCC)C(=O)N[C@@H](CO)C(=O)N[C@@H](CCSC)C(=O)N[C@H](C(=O)N[C@@H](CC(=O)O)C(C)=O)[C@@H](C)O. The first-order chi connectivity index (χ1) is 54.7. The molecule has 13 amide bonds. The number of primary amides is 1. The zero-order valence-corrected chi connectivity index (χ0v) is 71.2. The minimum absolute atomic E-state index is 0.00341. The molecule has 1 aromatic carbocycles. The molecule has 0 bridgehead atoms. The molecule has 0 fully saturated rings. The van der Waals surface area contributed by atoms with Gasteiger partial charge in [0, 0.05) is 19.3 Å². The van der Waals surface area contributed by atoms with Gasteiger partial charge in [-0.3, -0.25) is 71.9 Å². The predicted molar refractivity (Wildman–Crippen MR) is 443 cm³/mol. The van der Waals surface area contributed by atoms with Crippen LogP contribution in [0.2, 0.25) is 0 Å². The van der Waals surface area contributed by atoms with Gasteiger partial charge < -0.3 is 95.7 Å². The van der Waals surface area contributed by atoms with Crippen molar-refractivity contribution >= 4 is 112 Å². The lowest BCUT2D eigenvalue weighted by atomic mass is 10.00. The van der Waals surface area contributed by atoms with Crippen LogP contribution in [0.25, 0.3) is 0 Å². The van der Waals surface area contributed by atoms with Crippen molar-refractivity contribution in [2.45, 2.75) is 333 Å². The van der Waals surface area contributed by atoms with E-state index in [9.17, 15) is 92.3 Å². The number of carboxylic acids is 1. The van der Waals surface area contributed by atoms with E-state index in [0.29, 0.717) is 56.3 Å². The van der Waals surface area contributed by atoms with Gasteiger partial charge >= 0.3 is 5.97 Å². The smallest absolute Gasteiger partial charge is 0.305 e. The molecule has 0 aliphatic carbocycles. The van der Waals surface area contributed by atoms with Crippen LogP contribution in [0.3, 0.4) is 0 Å². The largest absolute Gasteiger partial charge is 0.508 e. The van der Waals surface area contributed by atoms with Crippen molar-refractivity contribution in [3.63, 3.8) is 0 Å². The van der Waals surface area contributed by atoms with Gasteiger partial charge in [0.1, 0.15) is 72.2 Å². The number of rotatable bonds is 66. The predicted octanol–water partition coefficient (Wildman–Crippen LogP) is 3.41. The van der Waals surface area contributed by atoms with Gasteiger partial charge in [-0.1, -0.05) is 156 Å². The maximum absolute atomic E-state index is 14.7. The Morgan fingerprint density at radius 3 is 1.23 bits per heavy atom. The highest BCUT2D eigenvalue weighted by Crippen LogP contribution is 2.18. The minimum Gasteiger partial charge on any atom is -0.508 e. The molecule has 35 heteroatoms. The summed E-state index contributed by atoms with van der Waals surface area (Å²) in [5.41, 5.74) is 11.9. The number of unbranched alkanes of at least 4 members (excludes halogenated alkanes) is 16. The number of carbonyl (C=O) groups is 15. The fourth-order valence-corrected chi connectivity index (χ4v) is 13.3. The van der Waals surface area contributed by atoms with Gasteiger partial charge in [0.15, 0.2) is 5.78 Å². The number of benzene rings is 1. The van der Waals surface area contributed by atoms with Crippen molar-refractivity contribution in [3.8, 4) is 5.75 Å². The standard InChI is InChI=1S/C80H138N14O19S2/c1-11-14-17-18-19-20-21-22-23-24-25-26-28-34-67(100)84-60(41-44-114-9)71(104)83-51(6)70(103)91-64(47-54-35-37-55(98)38-36-54)78(111)88-59(39-40-66(82)99)75(108)86-57(32-27-15-12-2)72(105)85-58(33-29-30-43-81)73(106)92-63(46-50(4)5)77(110)87-56(31-16-13-3)74(107)93-65(49-95)79(112)89-61(42-45-115-10)76(109)94-69(53(8)97)80(113)90-62(52(7)96)48-68(101)102/h35-38,50-51,53,56-65,69,95,97-98H,11-34,39-49,81H2,1-10H3,(H2,82,99)(H,83,104)(H,84,100)(H,85,105)(H,86,108)(H,87,110)(H,88,111)(H,89,112)(H,90,113)(H,91,103)(H,92,106)(H,93,107)(H,94,109)(H,101,102)/t51-,53+,56-,57-,58-,59-,60-,61-,62-,63-,64-,65-,69-/m0/s1. The third kappa shape index (κ3) is 45.8. The number of nitrogens with two attached hydrogens (primary N) is 2. The highest BCUT2D eigenvalue weighted by Gasteiger charge is 2.38. The monoisotopic (exact) mass is 1660 g/mol. The van der Waals surface area contributed by atoms with Crippen LogP contribution in [0, 0.1) is 5.92 Å². The third-order valence-electron chi connectivity index (χ3n) is 19.3. The molecule has 20 N–H and O–H groups in total. The Morgan fingerprint density at radius 1 is 0.409 bits per heavy atom. The van der Waals surface area contributed by atoms with E-state index in [1.807, 2.05) is 20.1 Å². The van der Waals surface area contributed by atoms with Gasteiger partial charge in [-0.05, 0) is 139 Å². The maximum Gasteiger partial charge on any atom is 0.305 e. The fraction of sp³-hybridized carbons (Fsp3) is 0.738. The molecule has 0 aliphatic rings. The normalized spacial score (nSPS) is 14.6. The molecule has 654 valence electrons. The van der Waals surface area contributed by atoms with E-state index in [2.05, 4.69) is 70.7 Å². The summed E-state index contributed by atoms with van der Waals surface area (Å²) in [4.78, 5) is 206. The first kappa shape index (κ1) is 105. The number of nitrogens with one attached hydrogen (secondary N) is 12. The van der Waals surface area contributed by atoms with Crippen molar-refractivity contribution in [1.29, 1.82) is 0 Å². The number of aliphatic hydroxyl groups is 2. The topological polar surface area (TPSA) is 533 Å². The van der Waals surface area contributed by atoms with Crippen molar-refractivity contribution in [1.82, 2.24) is 63.8 Å². The van der Waals surface area contributed by atoms with Crippen molar-refractivity contribution < 1.29 is 92.3 Å². The number of amides is 13. The Balaban J connectivity index is 3.56. The number of phenols is 1. The maximum atomic E-state index is 14.7. The highest BCUT2D eigenvalue weighted by atomic mass is 32.2. The van der Waals surface area contributed by atoms with E-state index < -0.39 is 187 Å². The third-order valence-corrected chi connectivity index (χ3v) is 20.6. The van der Waals surface area contributed by atoms with Crippen molar-refractivity contribution in [2.75, 3.05) is 37.2 Å². The van der Waals surface area contributed by atoms with E-state index in [4.69, 9.17) is 11.5 Å². The highest BCUT2D eigenvalue weighted by molar-refractivity contribution is 7.98. The molecule has 0 unspecified atom stereocenters. The lowest BCUT2D eigenvalue weighted by molar-refractivity contribution is -0.141. The Morgan fingerprint density at radius 2 is 0.783 bits per heavy atom. The summed E-state index contributed by atoms with van der Waals surface area (Å²) in [6, 6.07) is -11.5. The lowest BCUT2D eigenvalue weighted by Crippen LogP contribution is -2.62. The molecule has 0 aliphatic heterocycles. The van der Waals surface area contributed by atoms with Gasteiger partial charge in [0.25, 0.3) is 0 Å². The molecule has 115 heavy (non-hydrogen) atoms. The molecule has 0 saturated heterocycles. The molecule has 0 spiro atoms. The number of Topliss-reactive ketones (excluding diaryl/α,β-unsaturated/α-hetero) is 1. The number of carboxylic acid groups (broad SMARTS) is 1. The van der Waals surface area contributed by atoms with Crippen LogP contribution < -0.4 is 75.3 Å². The molecule has 0 saturated carbocycles. The second-order valence-electron chi connectivity index (χ2n) is 30.0. The molecular weight excluding hydrogens is 1530 g/mol. The van der Waals surface area contributed by atoms with E-state index >= 15 is 0 Å². The summed E-state index contributed by atoms with van der Waals surface area (Å²) in [5, 5.41) is 71.5. The van der Waals surface area contributed by atoms with Crippen LogP contribution in [0.5, 0.6) is 5.75 Å². The van der Waals surface area contributed by atoms with Gasteiger partial charge in [-0.15, -0.1) is 0 Å². The number of aliphatic carboxylic acids is 1. The van der Waals surface area contributed by atoms with Crippen LogP contribution >= 0.6 is 23.5 Å². The fourth-order valence-electron chi connectivity index (χ4n) is 12.4. The van der Waals surface area contributed by atoms with Crippen molar-refractivity contribution in [2.24, 2.45) is 17.4 Å². The van der Waals surface area contributed by atoms with E-state index in [-0.39, 0.29) is 87.7 Å². The number of phenolic OH excluding ortho intramolecular Hbond substituents is 1. The zero-order valence-electron chi connectivity index (χ0n) is 69.5. The summed E-state index contributed by atoms with van der Waals surface area (Å²) in [5.74, 6) is -12.9. The van der Waals surface area contributed by atoms with Gasteiger partial charge in [-0.25, -0.2) is 0 Å². The minimum atomic E-state index is -1.74. The molecule has 0 radical (unpaired) electrons. The van der Waals surface area contributed by atoms with E-state index in [0.717, 1.165) is 39.5 Å². The number of ketones is 1. The van der Waals surface area contributed by atoms with Gasteiger partial charge in [0.05, 0.1) is 25.2 Å². The number of thioether (sulfide) groups is 2. The zero-order chi connectivity index (χ0) is 86.4. The molecule has 1 rings (SSSR count). The van der Waals surface area contributed by atoms with Crippen molar-refractivity contribution in [3.05, 3.63) is 29.8 Å². The van der Waals surface area contributed by atoms with E-state index in [1.165, 1.54) is 106 Å². The second kappa shape index (κ2) is 61.2. The van der Waals surface area contributed by atoms with E-state index in [1.54, 1.807) is 20.1 Å². The quantitative estimate of drug-likeness (QED) is 0.0415. The average molecular weight is 1660 g/mol. The number of carbonyl (C=O) groups excluding carboxylic acids is 14. The Labute approximate surface area is 688 Å². The van der Waals surface area contributed by atoms with Crippen LogP contribution in [-0.2, 0) is 78.3 Å². The first-order valence-corrected chi connectivity index (χ1v) is 43.9.